The van der Waals surface area contributed by atoms with Crippen molar-refractivity contribution in [2.75, 3.05) is 12.1 Å². The van der Waals surface area contributed by atoms with Gasteiger partial charge < -0.3 is 14.8 Å². The molecule has 2 aromatic rings. The van der Waals surface area contributed by atoms with Crippen LogP contribution in [0.25, 0.3) is 6.08 Å². The maximum atomic E-state index is 12.4. The van der Waals surface area contributed by atoms with Crippen LogP contribution in [0, 0.1) is 21.4 Å². The van der Waals surface area contributed by atoms with E-state index < -0.39 is 10.8 Å². The molecule has 0 bridgehead atoms. The first-order chi connectivity index (χ1) is 12.9. The molecule has 136 valence electrons. The molecule has 0 saturated carbocycles. The van der Waals surface area contributed by atoms with Gasteiger partial charge in [0, 0.05) is 18.2 Å². The van der Waals surface area contributed by atoms with Crippen molar-refractivity contribution in [2.45, 2.75) is 0 Å². The van der Waals surface area contributed by atoms with Crippen LogP contribution < -0.4 is 14.8 Å². The van der Waals surface area contributed by atoms with Crippen molar-refractivity contribution in [1.82, 2.24) is 0 Å². The van der Waals surface area contributed by atoms with Crippen molar-refractivity contribution in [1.29, 1.82) is 5.26 Å². The van der Waals surface area contributed by atoms with Gasteiger partial charge in [0.2, 0.25) is 6.79 Å². The van der Waals surface area contributed by atoms with E-state index >= 15 is 0 Å². The number of nitriles is 1. The molecule has 1 aliphatic heterocycles. The van der Waals surface area contributed by atoms with E-state index in [-0.39, 0.29) is 33.8 Å². The average molecular weight is 406 g/mol. The lowest BCUT2D eigenvalue weighted by Gasteiger charge is -2.07. The summed E-state index contributed by atoms with van der Waals surface area (Å²) in [6.45, 7) is 0.0513. The summed E-state index contributed by atoms with van der Waals surface area (Å²) in [6, 6.07) is 8.39. The molecule has 1 heterocycles. The van der Waals surface area contributed by atoms with Crippen LogP contribution in [0.2, 0.25) is 10.0 Å². The molecule has 2 aromatic carbocycles. The third-order valence-electron chi connectivity index (χ3n) is 3.57. The van der Waals surface area contributed by atoms with E-state index in [1.165, 1.54) is 30.3 Å². The molecule has 0 aliphatic carbocycles. The zero-order valence-corrected chi connectivity index (χ0v) is 14.9. The summed E-state index contributed by atoms with van der Waals surface area (Å²) in [5, 5.41) is 22.9. The van der Waals surface area contributed by atoms with Crippen LogP contribution in [0.5, 0.6) is 11.5 Å². The third-order valence-corrected chi connectivity index (χ3v) is 4.22. The Bertz CT molecular complexity index is 1030. The Balaban J connectivity index is 1.90. The van der Waals surface area contributed by atoms with E-state index in [4.69, 9.17) is 32.7 Å². The second-order valence-electron chi connectivity index (χ2n) is 5.27. The number of non-ortho nitro benzene ring substituents is 1. The van der Waals surface area contributed by atoms with Crippen molar-refractivity contribution in [3.63, 3.8) is 0 Å². The molecule has 0 fully saturated rings. The summed E-state index contributed by atoms with van der Waals surface area (Å²) in [4.78, 5) is 22.6. The molecular formula is C17H9Cl2N3O5. The highest BCUT2D eigenvalue weighted by Crippen LogP contribution is 2.37. The largest absolute Gasteiger partial charge is 0.454 e. The molecule has 0 spiro atoms. The Morgan fingerprint density at radius 3 is 2.59 bits per heavy atom. The normalized spacial score (nSPS) is 12.4. The topological polar surface area (TPSA) is 114 Å². The molecular weight excluding hydrogens is 397 g/mol. The Morgan fingerprint density at radius 2 is 1.93 bits per heavy atom. The van der Waals surface area contributed by atoms with Gasteiger partial charge in [-0.05, 0) is 23.8 Å². The van der Waals surface area contributed by atoms with Crippen LogP contribution in [0.15, 0.2) is 35.9 Å². The molecule has 0 radical (unpaired) electrons. The van der Waals surface area contributed by atoms with Gasteiger partial charge in [-0.25, -0.2) is 0 Å². The molecule has 27 heavy (non-hydrogen) atoms. The lowest BCUT2D eigenvalue weighted by atomic mass is 10.1. The number of ether oxygens (including phenoxy) is 2. The SMILES string of the molecule is N#CC(=Cc1cc2c(cc1Cl)OCO2)C(=O)Nc1cc([N+](=O)[O-])ccc1Cl. The van der Waals surface area contributed by atoms with E-state index in [2.05, 4.69) is 5.32 Å². The van der Waals surface area contributed by atoms with Crippen LogP contribution in [-0.4, -0.2) is 17.6 Å². The fraction of sp³-hybridized carbons (Fsp3) is 0.0588. The summed E-state index contributed by atoms with van der Waals surface area (Å²) < 4.78 is 10.4. The van der Waals surface area contributed by atoms with Gasteiger partial charge in [0.25, 0.3) is 11.6 Å². The lowest BCUT2D eigenvalue weighted by molar-refractivity contribution is -0.384. The van der Waals surface area contributed by atoms with Crippen molar-refractivity contribution >= 4 is 46.6 Å². The van der Waals surface area contributed by atoms with Gasteiger partial charge in [0.1, 0.15) is 11.6 Å². The van der Waals surface area contributed by atoms with Crippen LogP contribution >= 0.6 is 23.2 Å². The number of halogens is 2. The Kier molecular flexibility index (Phi) is 5.16. The third kappa shape index (κ3) is 3.95. The average Bonchev–Trinajstić information content (AvgIpc) is 3.08. The zero-order valence-electron chi connectivity index (χ0n) is 13.4. The first-order valence-corrected chi connectivity index (χ1v) is 8.11. The first kappa shape index (κ1) is 18.5. The molecule has 8 nitrogen and oxygen atoms in total. The fourth-order valence-corrected chi connectivity index (χ4v) is 2.63. The number of hydrogen-bond acceptors (Lipinski definition) is 6. The number of fused-ring (bicyclic) bond motifs is 1. The van der Waals surface area contributed by atoms with Gasteiger partial charge >= 0.3 is 0 Å². The smallest absolute Gasteiger partial charge is 0.271 e. The molecule has 0 aromatic heterocycles. The van der Waals surface area contributed by atoms with E-state index in [0.717, 1.165) is 6.07 Å². The van der Waals surface area contributed by atoms with Crippen LogP contribution in [0.1, 0.15) is 5.56 Å². The minimum absolute atomic E-state index is 0.00815. The number of nitrogens with zero attached hydrogens (tertiary/aromatic N) is 2. The molecule has 10 heteroatoms. The number of nitro benzene ring substituents is 1. The molecule has 0 unspecified atom stereocenters. The Labute approximate surface area is 162 Å². The molecule has 0 saturated heterocycles. The van der Waals surface area contributed by atoms with Crippen molar-refractivity contribution < 1.29 is 19.2 Å². The maximum Gasteiger partial charge on any atom is 0.271 e. The minimum atomic E-state index is -0.798. The highest BCUT2D eigenvalue weighted by Gasteiger charge is 2.18. The second kappa shape index (κ2) is 7.53. The number of carbonyl (C=O) groups is 1. The Hall–Kier alpha value is -3.28. The maximum absolute atomic E-state index is 12.4. The lowest BCUT2D eigenvalue weighted by Crippen LogP contribution is -2.14. The second-order valence-corrected chi connectivity index (χ2v) is 6.09. The Morgan fingerprint density at radius 1 is 1.22 bits per heavy atom. The highest BCUT2D eigenvalue weighted by molar-refractivity contribution is 6.34. The predicted molar refractivity (Wildman–Crippen MR) is 97.9 cm³/mol. The number of carbonyl (C=O) groups excluding carboxylic acids is 1. The summed E-state index contributed by atoms with van der Waals surface area (Å²) in [6.07, 6.45) is 1.27. The molecule has 1 aliphatic rings. The van der Waals surface area contributed by atoms with E-state index in [1.54, 1.807) is 6.07 Å². The first-order valence-electron chi connectivity index (χ1n) is 7.35. The standard InChI is InChI=1S/C17H9Cl2N3O5/c18-12-2-1-11(22(24)25)5-14(12)21-17(23)10(7-20)3-9-4-15-16(6-13(9)19)27-8-26-15/h1-6H,8H2,(H,21,23). The van der Waals surface area contributed by atoms with Gasteiger partial charge in [-0.1, -0.05) is 23.2 Å². The monoisotopic (exact) mass is 405 g/mol. The van der Waals surface area contributed by atoms with Gasteiger partial charge in [0.05, 0.1) is 20.7 Å². The van der Waals surface area contributed by atoms with Gasteiger partial charge in [-0.2, -0.15) is 5.26 Å². The number of hydrogen-bond donors (Lipinski definition) is 1. The fourth-order valence-electron chi connectivity index (χ4n) is 2.26. The summed E-state index contributed by atoms with van der Waals surface area (Å²) in [5.41, 5.74) is -0.152. The number of benzene rings is 2. The van der Waals surface area contributed by atoms with Crippen LogP contribution in [-0.2, 0) is 4.79 Å². The van der Waals surface area contributed by atoms with E-state index in [1.807, 2.05) is 0 Å². The van der Waals surface area contributed by atoms with Gasteiger partial charge in [-0.15, -0.1) is 0 Å². The van der Waals surface area contributed by atoms with Gasteiger partial charge in [0.15, 0.2) is 11.5 Å². The predicted octanol–water partition coefficient (Wildman–Crippen LogP) is 4.18. The highest BCUT2D eigenvalue weighted by atomic mass is 35.5. The van der Waals surface area contributed by atoms with Crippen molar-refractivity contribution in [3.8, 4) is 17.6 Å². The minimum Gasteiger partial charge on any atom is -0.454 e. The number of rotatable bonds is 4. The van der Waals surface area contributed by atoms with E-state index in [0.29, 0.717) is 17.1 Å². The summed E-state index contributed by atoms with van der Waals surface area (Å²) >= 11 is 12.1. The molecule has 1 N–H and O–H groups in total. The van der Waals surface area contributed by atoms with Gasteiger partial charge in [-0.3, -0.25) is 14.9 Å². The molecule has 1 amide bonds. The van der Waals surface area contributed by atoms with Crippen molar-refractivity contribution in [2.24, 2.45) is 0 Å². The molecule has 3 rings (SSSR count). The van der Waals surface area contributed by atoms with Crippen LogP contribution in [0.4, 0.5) is 11.4 Å². The summed E-state index contributed by atoms with van der Waals surface area (Å²) in [5.74, 6) is 0.0993. The zero-order chi connectivity index (χ0) is 19.6. The van der Waals surface area contributed by atoms with Crippen LogP contribution in [0.3, 0.4) is 0 Å². The van der Waals surface area contributed by atoms with Crippen molar-refractivity contribution in [3.05, 3.63) is 61.6 Å². The molecule has 0 atom stereocenters. The number of nitro groups is 1. The quantitative estimate of drug-likeness (QED) is 0.353. The number of amides is 1. The summed E-state index contributed by atoms with van der Waals surface area (Å²) in [7, 11) is 0. The number of nitrogens with one attached hydrogen (secondary N) is 1. The number of anilines is 1. The van der Waals surface area contributed by atoms with E-state index in [9.17, 15) is 20.2 Å².